The topological polar surface area (TPSA) is 123 Å². The molecule has 0 unspecified atom stereocenters. The number of hydrazone groups is 1. The van der Waals surface area contributed by atoms with Crippen molar-refractivity contribution in [1.82, 2.24) is 5.43 Å². The highest BCUT2D eigenvalue weighted by Crippen LogP contribution is 2.01. The van der Waals surface area contributed by atoms with Crippen molar-refractivity contribution < 1.29 is 0 Å². The molecule has 2 aromatic rings. The molecule has 0 aromatic heterocycles. The number of guanidine groups is 1. The Labute approximate surface area is 151 Å². The molecule has 0 atom stereocenters. The van der Waals surface area contributed by atoms with E-state index >= 15 is 0 Å². The van der Waals surface area contributed by atoms with Gasteiger partial charge in [0.2, 0.25) is 5.96 Å². The van der Waals surface area contributed by atoms with Gasteiger partial charge in [-0.05, 0) is 35.4 Å². The first kappa shape index (κ1) is 19.4. The minimum atomic E-state index is 0. The number of nitrogens with one attached hydrogen (secondary N) is 1. The Morgan fingerprint density at radius 1 is 0.880 bits per heavy atom. The number of rotatable bonds is 4. The van der Waals surface area contributed by atoms with Gasteiger partial charge in [0.05, 0.1) is 35.7 Å². The summed E-state index contributed by atoms with van der Waals surface area (Å²) in [6.45, 7) is 0. The molecule has 0 aliphatic carbocycles. The zero-order chi connectivity index (χ0) is 17.2. The molecule has 7 nitrogen and oxygen atoms in total. The maximum atomic E-state index is 8.71. The van der Waals surface area contributed by atoms with Crippen LogP contribution >= 0.6 is 12.4 Å². The van der Waals surface area contributed by atoms with Crippen LogP contribution in [0.4, 0.5) is 0 Å². The molecule has 0 saturated heterocycles. The third kappa shape index (κ3) is 6.53. The molecule has 3 N–H and O–H groups in total. The van der Waals surface area contributed by atoms with Crippen LogP contribution in [0.1, 0.15) is 22.3 Å². The van der Waals surface area contributed by atoms with Gasteiger partial charge >= 0.3 is 0 Å². The summed E-state index contributed by atoms with van der Waals surface area (Å²) in [7, 11) is 0. The van der Waals surface area contributed by atoms with Gasteiger partial charge in [0, 0.05) is 0 Å². The average Bonchev–Trinajstić information content (AvgIpc) is 2.63. The molecule has 25 heavy (non-hydrogen) atoms. The summed E-state index contributed by atoms with van der Waals surface area (Å²) in [6, 6.07) is 17.9. The number of hydrogen-bond donors (Lipinski definition) is 2. The lowest BCUT2D eigenvalue weighted by atomic mass is 10.2. The Kier molecular flexibility index (Phi) is 7.87. The lowest BCUT2D eigenvalue weighted by Crippen LogP contribution is -2.26. The molecule has 0 aliphatic heterocycles. The van der Waals surface area contributed by atoms with Gasteiger partial charge in [-0.15, -0.1) is 17.5 Å². The maximum absolute atomic E-state index is 8.71. The van der Waals surface area contributed by atoms with Gasteiger partial charge in [0.1, 0.15) is 0 Å². The van der Waals surface area contributed by atoms with E-state index in [-0.39, 0.29) is 18.4 Å². The standard InChI is InChI=1S/C17H13N7.ClH/c18-9-13-1-5-15(6-2-13)11-21-23-17(20)24-22-12-16-7-3-14(10-19)4-8-16;/h1-8,11-12H,(H3,20,23,24);1H. The van der Waals surface area contributed by atoms with Crippen LogP contribution in [0.3, 0.4) is 0 Å². The van der Waals surface area contributed by atoms with Crippen molar-refractivity contribution in [1.29, 1.82) is 10.5 Å². The van der Waals surface area contributed by atoms with Crippen LogP contribution in [0.2, 0.25) is 0 Å². The summed E-state index contributed by atoms with van der Waals surface area (Å²) >= 11 is 0. The van der Waals surface area contributed by atoms with Crippen molar-refractivity contribution >= 4 is 30.8 Å². The first-order chi connectivity index (χ1) is 11.7. The van der Waals surface area contributed by atoms with Crippen molar-refractivity contribution in [3.05, 3.63) is 70.8 Å². The van der Waals surface area contributed by atoms with E-state index in [1.807, 2.05) is 12.1 Å². The lowest BCUT2D eigenvalue weighted by molar-refractivity contribution is 0.994. The first-order valence-electron chi connectivity index (χ1n) is 6.87. The molecule has 0 amide bonds. The van der Waals surface area contributed by atoms with Crippen molar-refractivity contribution in [3.8, 4) is 12.1 Å². The normalized spacial score (nSPS) is 10.9. The Morgan fingerprint density at radius 3 is 1.84 bits per heavy atom. The summed E-state index contributed by atoms with van der Waals surface area (Å²) in [5, 5.41) is 28.9. The van der Waals surface area contributed by atoms with Gasteiger partial charge in [0.15, 0.2) is 0 Å². The maximum Gasteiger partial charge on any atom is 0.234 e. The van der Waals surface area contributed by atoms with Gasteiger partial charge in [0.25, 0.3) is 0 Å². The quantitative estimate of drug-likeness (QED) is 0.497. The Hall–Kier alpha value is -3.68. The van der Waals surface area contributed by atoms with Crippen molar-refractivity contribution in [2.45, 2.75) is 0 Å². The van der Waals surface area contributed by atoms with Crippen molar-refractivity contribution in [3.63, 3.8) is 0 Å². The molecule has 0 fully saturated rings. The van der Waals surface area contributed by atoms with E-state index in [1.54, 1.807) is 54.7 Å². The van der Waals surface area contributed by atoms with Crippen LogP contribution in [0.5, 0.6) is 0 Å². The molecule has 0 spiro atoms. The molecule has 0 radical (unpaired) electrons. The van der Waals surface area contributed by atoms with Crippen LogP contribution in [0, 0.1) is 22.7 Å². The van der Waals surface area contributed by atoms with E-state index in [2.05, 4.69) is 20.7 Å². The fourth-order valence-corrected chi connectivity index (χ4v) is 1.64. The van der Waals surface area contributed by atoms with E-state index in [1.165, 1.54) is 6.21 Å². The smallest absolute Gasteiger partial charge is 0.234 e. The van der Waals surface area contributed by atoms with Crippen LogP contribution < -0.4 is 11.2 Å². The van der Waals surface area contributed by atoms with Crippen LogP contribution in [0.15, 0.2) is 63.8 Å². The Bertz CT molecular complexity index is 854. The highest BCUT2D eigenvalue weighted by atomic mass is 35.5. The molecule has 0 bridgehead atoms. The van der Waals surface area contributed by atoms with Gasteiger partial charge in [-0.2, -0.15) is 20.7 Å². The number of halogens is 1. The average molecular weight is 352 g/mol. The number of nitrogens with two attached hydrogens (primary N) is 1. The lowest BCUT2D eigenvalue weighted by Gasteiger charge is -1.96. The molecule has 0 heterocycles. The molecule has 124 valence electrons. The third-order valence-corrected chi connectivity index (χ3v) is 2.84. The monoisotopic (exact) mass is 351 g/mol. The van der Waals surface area contributed by atoms with E-state index < -0.39 is 0 Å². The first-order valence-corrected chi connectivity index (χ1v) is 6.87. The summed E-state index contributed by atoms with van der Waals surface area (Å²) in [6.07, 6.45) is 3.06. The fourth-order valence-electron chi connectivity index (χ4n) is 1.64. The Balaban J connectivity index is 0.00000312. The molecular formula is C17H14ClN7. The largest absolute Gasteiger partial charge is 0.367 e. The zero-order valence-corrected chi connectivity index (χ0v) is 13.8. The minimum Gasteiger partial charge on any atom is -0.367 e. The summed E-state index contributed by atoms with van der Waals surface area (Å²) < 4.78 is 0. The second kappa shape index (κ2) is 10.2. The SMILES string of the molecule is Cl.N#Cc1ccc(C=N/N=C(\N)NN=Cc2ccc(C#N)cc2)cc1. The molecule has 2 rings (SSSR count). The number of nitrogens with zero attached hydrogens (tertiary/aromatic N) is 5. The molecule has 0 aliphatic rings. The van der Waals surface area contributed by atoms with Crippen molar-refractivity contribution in [2.75, 3.05) is 0 Å². The predicted octanol–water partition coefficient (Wildman–Crippen LogP) is 2.12. The fraction of sp³-hybridized carbons (Fsp3) is 0. The van der Waals surface area contributed by atoms with Crippen molar-refractivity contribution in [2.24, 2.45) is 21.0 Å². The van der Waals surface area contributed by atoms with Crippen LogP contribution in [-0.2, 0) is 0 Å². The highest BCUT2D eigenvalue weighted by molar-refractivity contribution is 5.85. The van der Waals surface area contributed by atoms with E-state index in [4.69, 9.17) is 16.3 Å². The second-order valence-corrected chi connectivity index (χ2v) is 4.57. The molecular weight excluding hydrogens is 338 g/mol. The predicted molar refractivity (Wildman–Crippen MR) is 99.5 cm³/mol. The van der Waals surface area contributed by atoms with Gasteiger partial charge in [-0.25, -0.2) is 5.43 Å². The third-order valence-electron chi connectivity index (χ3n) is 2.84. The zero-order valence-electron chi connectivity index (χ0n) is 13.0. The molecule has 8 heteroatoms. The number of benzene rings is 2. The number of hydrogen-bond acceptors (Lipinski definition) is 5. The van der Waals surface area contributed by atoms with E-state index in [0.29, 0.717) is 11.1 Å². The molecule has 0 saturated carbocycles. The number of nitriles is 2. The van der Waals surface area contributed by atoms with Crippen LogP contribution in [0.25, 0.3) is 0 Å². The minimum absolute atomic E-state index is 0. The summed E-state index contributed by atoms with van der Waals surface area (Å²) in [4.78, 5) is 0. The van der Waals surface area contributed by atoms with Gasteiger partial charge < -0.3 is 5.73 Å². The highest BCUT2D eigenvalue weighted by Gasteiger charge is 1.92. The van der Waals surface area contributed by atoms with Gasteiger partial charge in [-0.1, -0.05) is 24.3 Å². The van der Waals surface area contributed by atoms with E-state index in [0.717, 1.165) is 11.1 Å². The summed E-state index contributed by atoms with van der Waals surface area (Å²) in [5.74, 6) is 0.0322. The van der Waals surface area contributed by atoms with Crippen LogP contribution in [-0.4, -0.2) is 18.4 Å². The summed E-state index contributed by atoms with van der Waals surface area (Å²) in [5.41, 5.74) is 10.9. The Morgan fingerprint density at radius 2 is 1.36 bits per heavy atom. The van der Waals surface area contributed by atoms with Gasteiger partial charge in [-0.3, -0.25) is 0 Å². The molecule has 2 aromatic carbocycles. The van der Waals surface area contributed by atoms with E-state index in [9.17, 15) is 0 Å². The second-order valence-electron chi connectivity index (χ2n) is 4.57.